The predicted molar refractivity (Wildman–Crippen MR) is 186 cm³/mol. The number of ether oxygens (including phenoxy) is 7. The first-order valence-corrected chi connectivity index (χ1v) is 16.7. The SMILES string of the molecule is COCCCOc1cc(COC2CN(C(=O)OC(C)(C)C)CCC2c2ccc(OCCCOCc3ccccc3OC)cc2)ccc1N. The van der Waals surface area contributed by atoms with Gasteiger partial charge in [0.15, 0.2) is 0 Å². The average Bonchev–Trinajstić information content (AvgIpc) is 3.08. The smallest absolute Gasteiger partial charge is 0.410 e. The highest BCUT2D eigenvalue weighted by Gasteiger charge is 2.35. The number of rotatable bonds is 17. The lowest BCUT2D eigenvalue weighted by molar-refractivity contribution is -0.0360. The Hall–Kier alpha value is -3.99. The minimum atomic E-state index is -0.578. The van der Waals surface area contributed by atoms with Crippen LogP contribution in [0.25, 0.3) is 0 Å². The highest BCUT2D eigenvalue weighted by Crippen LogP contribution is 2.33. The summed E-state index contributed by atoms with van der Waals surface area (Å²) in [5.74, 6) is 2.34. The second-order valence-corrected chi connectivity index (χ2v) is 12.9. The number of carbonyl (C=O) groups is 1. The molecule has 1 fully saturated rings. The molecule has 0 aliphatic carbocycles. The average molecular weight is 665 g/mol. The largest absolute Gasteiger partial charge is 0.496 e. The number of likely N-dealkylation sites (tertiary alicyclic amines) is 1. The number of nitrogens with zero attached hydrogens (tertiary/aromatic N) is 1. The van der Waals surface area contributed by atoms with E-state index in [0.717, 1.165) is 47.5 Å². The van der Waals surface area contributed by atoms with Crippen LogP contribution < -0.4 is 19.9 Å². The first-order chi connectivity index (χ1) is 23.2. The minimum Gasteiger partial charge on any atom is -0.496 e. The van der Waals surface area contributed by atoms with Crippen molar-refractivity contribution in [2.75, 3.05) is 59.5 Å². The summed E-state index contributed by atoms with van der Waals surface area (Å²) in [5.41, 5.74) is 9.26. The van der Waals surface area contributed by atoms with Gasteiger partial charge in [-0.05, 0) is 68.7 Å². The molecule has 10 nitrogen and oxygen atoms in total. The van der Waals surface area contributed by atoms with Crippen molar-refractivity contribution in [1.29, 1.82) is 0 Å². The van der Waals surface area contributed by atoms with Gasteiger partial charge in [-0.1, -0.05) is 36.4 Å². The molecule has 0 aromatic heterocycles. The van der Waals surface area contributed by atoms with Crippen molar-refractivity contribution in [3.8, 4) is 17.2 Å². The molecule has 0 bridgehead atoms. The Morgan fingerprint density at radius 2 is 1.62 bits per heavy atom. The van der Waals surface area contributed by atoms with Gasteiger partial charge in [-0.15, -0.1) is 0 Å². The lowest BCUT2D eigenvalue weighted by Crippen LogP contribution is -2.48. The van der Waals surface area contributed by atoms with E-state index in [1.54, 1.807) is 19.1 Å². The molecule has 1 aliphatic heterocycles. The topological polar surface area (TPSA) is 111 Å². The summed E-state index contributed by atoms with van der Waals surface area (Å²) in [6.07, 6.45) is 1.69. The molecule has 0 spiro atoms. The van der Waals surface area contributed by atoms with Gasteiger partial charge >= 0.3 is 6.09 Å². The van der Waals surface area contributed by atoms with Crippen LogP contribution >= 0.6 is 0 Å². The number of amides is 1. The fraction of sp³-hybridized carbons (Fsp3) is 0.500. The third kappa shape index (κ3) is 11.6. The van der Waals surface area contributed by atoms with Crippen molar-refractivity contribution in [1.82, 2.24) is 4.90 Å². The number of nitrogens with two attached hydrogens (primary N) is 1. The van der Waals surface area contributed by atoms with E-state index < -0.39 is 5.60 Å². The maximum absolute atomic E-state index is 13.0. The molecule has 10 heteroatoms. The van der Waals surface area contributed by atoms with Gasteiger partial charge in [0.05, 0.1) is 58.5 Å². The van der Waals surface area contributed by atoms with Crippen molar-refractivity contribution in [2.24, 2.45) is 0 Å². The van der Waals surface area contributed by atoms with E-state index in [-0.39, 0.29) is 18.1 Å². The molecule has 1 heterocycles. The highest BCUT2D eigenvalue weighted by atomic mass is 16.6. The van der Waals surface area contributed by atoms with Gasteiger partial charge < -0.3 is 43.8 Å². The predicted octanol–water partition coefficient (Wildman–Crippen LogP) is 6.99. The summed E-state index contributed by atoms with van der Waals surface area (Å²) in [4.78, 5) is 14.7. The summed E-state index contributed by atoms with van der Waals surface area (Å²) in [6.45, 7) is 9.72. The van der Waals surface area contributed by atoms with E-state index in [4.69, 9.17) is 38.9 Å². The third-order valence-corrected chi connectivity index (χ3v) is 7.96. The molecule has 1 aliphatic rings. The molecule has 48 heavy (non-hydrogen) atoms. The molecule has 2 N–H and O–H groups in total. The zero-order chi connectivity index (χ0) is 34.4. The molecule has 3 aromatic rings. The first kappa shape index (κ1) is 36.8. The number of nitrogen functional groups attached to an aromatic ring is 1. The molecule has 4 rings (SSSR count). The van der Waals surface area contributed by atoms with Gasteiger partial charge in [-0.25, -0.2) is 4.79 Å². The fourth-order valence-electron chi connectivity index (χ4n) is 5.51. The van der Waals surface area contributed by atoms with Crippen LogP contribution in [0, 0.1) is 0 Å². The maximum Gasteiger partial charge on any atom is 0.410 e. The van der Waals surface area contributed by atoms with Crippen molar-refractivity contribution >= 4 is 11.8 Å². The Balaban J connectivity index is 1.34. The quantitative estimate of drug-likeness (QED) is 0.121. The Morgan fingerprint density at radius 3 is 2.38 bits per heavy atom. The van der Waals surface area contributed by atoms with E-state index in [0.29, 0.717) is 64.2 Å². The Bertz CT molecular complexity index is 1410. The summed E-state index contributed by atoms with van der Waals surface area (Å²) >= 11 is 0. The molecule has 0 radical (unpaired) electrons. The molecule has 1 saturated heterocycles. The maximum atomic E-state index is 13.0. The fourth-order valence-corrected chi connectivity index (χ4v) is 5.51. The molecular formula is C38H52N2O8. The second kappa shape index (κ2) is 18.5. The number of piperidine rings is 1. The Kier molecular flexibility index (Phi) is 14.2. The minimum absolute atomic E-state index is 0.0830. The van der Waals surface area contributed by atoms with Crippen LogP contribution in [-0.2, 0) is 32.2 Å². The number of carbonyl (C=O) groups excluding carboxylic acids is 1. The van der Waals surface area contributed by atoms with Gasteiger partial charge in [-0.2, -0.15) is 0 Å². The summed E-state index contributed by atoms with van der Waals surface area (Å²) < 4.78 is 40.4. The number of para-hydroxylation sites is 1. The molecule has 3 aromatic carbocycles. The number of hydrogen-bond donors (Lipinski definition) is 1. The highest BCUT2D eigenvalue weighted by molar-refractivity contribution is 5.68. The molecule has 1 amide bonds. The standard InChI is InChI=1S/C38H52N2O8/c1-38(2,3)48-37(41)40-19-18-32(36(25-40)47-26-28-12-17-33(39)35(24-28)46-23-8-20-42-4)29-13-15-31(16-14-29)45-22-9-21-44-27-30-10-6-7-11-34(30)43-5/h6-7,10-17,24,32,36H,8-9,18-23,25-27,39H2,1-5H3. The van der Waals surface area contributed by atoms with Crippen molar-refractivity contribution < 1.29 is 38.0 Å². The molecule has 2 unspecified atom stereocenters. The van der Waals surface area contributed by atoms with Crippen molar-refractivity contribution in [3.63, 3.8) is 0 Å². The van der Waals surface area contributed by atoms with E-state index in [2.05, 4.69) is 12.1 Å². The van der Waals surface area contributed by atoms with Gasteiger partial charge in [0.2, 0.25) is 0 Å². The first-order valence-electron chi connectivity index (χ1n) is 16.7. The molecule has 0 saturated carbocycles. The molecule has 262 valence electrons. The van der Waals surface area contributed by atoms with Crippen LogP contribution in [0.2, 0.25) is 0 Å². The van der Waals surface area contributed by atoms with Crippen molar-refractivity contribution in [2.45, 2.75) is 70.9 Å². The van der Waals surface area contributed by atoms with Crippen LogP contribution in [0.5, 0.6) is 17.2 Å². The van der Waals surface area contributed by atoms with Crippen molar-refractivity contribution in [3.05, 3.63) is 83.4 Å². The van der Waals surface area contributed by atoms with Gasteiger partial charge in [0.1, 0.15) is 22.8 Å². The molecule has 2 atom stereocenters. The summed E-state index contributed by atoms with van der Waals surface area (Å²) in [5, 5.41) is 0. The van der Waals surface area contributed by atoms with E-state index in [1.165, 1.54) is 0 Å². The lowest BCUT2D eigenvalue weighted by atomic mass is 9.87. The van der Waals surface area contributed by atoms with Crippen LogP contribution in [0.4, 0.5) is 10.5 Å². The summed E-state index contributed by atoms with van der Waals surface area (Å²) in [6, 6.07) is 21.7. The van der Waals surface area contributed by atoms with Crippen LogP contribution in [-0.4, -0.2) is 76.4 Å². The summed E-state index contributed by atoms with van der Waals surface area (Å²) in [7, 11) is 3.33. The number of anilines is 1. The Labute approximate surface area is 285 Å². The monoisotopic (exact) mass is 664 g/mol. The van der Waals surface area contributed by atoms with E-state index >= 15 is 0 Å². The van der Waals surface area contributed by atoms with Gasteiger partial charge in [-0.3, -0.25) is 0 Å². The zero-order valence-corrected chi connectivity index (χ0v) is 29.1. The number of benzene rings is 3. The normalized spacial score (nSPS) is 16.4. The lowest BCUT2D eigenvalue weighted by Gasteiger charge is -2.39. The zero-order valence-electron chi connectivity index (χ0n) is 29.1. The second-order valence-electron chi connectivity index (χ2n) is 12.9. The van der Waals surface area contributed by atoms with Crippen LogP contribution in [0.15, 0.2) is 66.7 Å². The molecular weight excluding hydrogens is 612 g/mol. The third-order valence-electron chi connectivity index (χ3n) is 7.96. The van der Waals surface area contributed by atoms with Gasteiger partial charge in [0.25, 0.3) is 0 Å². The van der Waals surface area contributed by atoms with Crippen LogP contribution in [0.1, 0.15) is 62.6 Å². The number of hydrogen-bond acceptors (Lipinski definition) is 9. The Morgan fingerprint density at radius 1 is 0.875 bits per heavy atom. The van der Waals surface area contributed by atoms with Gasteiger partial charge in [0, 0.05) is 44.6 Å². The van der Waals surface area contributed by atoms with E-state index in [1.807, 2.05) is 75.4 Å². The number of methoxy groups -OCH3 is 2. The van der Waals surface area contributed by atoms with Crippen LogP contribution in [0.3, 0.4) is 0 Å². The van der Waals surface area contributed by atoms with E-state index in [9.17, 15) is 4.79 Å².